The Labute approximate surface area is 98.5 Å². The number of hydrogen-bond donors (Lipinski definition) is 1. The number of hydrogen-bond acceptors (Lipinski definition) is 2. The van der Waals surface area contributed by atoms with Crippen LogP contribution < -0.4 is 5.32 Å². The summed E-state index contributed by atoms with van der Waals surface area (Å²) in [5.41, 5.74) is 1.28. The summed E-state index contributed by atoms with van der Waals surface area (Å²) in [6.07, 6.45) is 9.41. The smallest absolute Gasteiger partial charge is 0.0315 e. The lowest BCUT2D eigenvalue weighted by molar-refractivity contribution is 0.352. The first kappa shape index (κ1) is 11.6. The van der Waals surface area contributed by atoms with Crippen LogP contribution in [0.4, 0.5) is 0 Å². The summed E-state index contributed by atoms with van der Waals surface area (Å²) in [5, 5.41) is 3.70. The number of pyridine rings is 1. The third kappa shape index (κ3) is 2.82. The average Bonchev–Trinajstić information content (AvgIpc) is 2.83. The lowest BCUT2D eigenvalue weighted by atomic mass is 9.98. The average molecular weight is 218 g/mol. The van der Waals surface area contributed by atoms with Crippen LogP contribution in [-0.2, 0) is 0 Å². The molecule has 16 heavy (non-hydrogen) atoms. The van der Waals surface area contributed by atoms with E-state index in [-0.39, 0.29) is 0 Å². The van der Waals surface area contributed by atoms with Gasteiger partial charge in [-0.3, -0.25) is 4.98 Å². The topological polar surface area (TPSA) is 24.9 Å². The van der Waals surface area contributed by atoms with E-state index in [0.29, 0.717) is 12.1 Å². The quantitative estimate of drug-likeness (QED) is 0.838. The van der Waals surface area contributed by atoms with Crippen molar-refractivity contribution in [2.24, 2.45) is 5.92 Å². The Bertz CT molecular complexity index is 304. The molecule has 0 saturated heterocycles. The van der Waals surface area contributed by atoms with Gasteiger partial charge in [0.15, 0.2) is 0 Å². The maximum Gasteiger partial charge on any atom is 0.0315 e. The third-order valence-corrected chi connectivity index (χ3v) is 3.80. The molecule has 0 amide bonds. The Kier molecular flexibility index (Phi) is 3.94. The highest BCUT2D eigenvalue weighted by atomic mass is 14.9. The number of rotatable bonds is 4. The van der Waals surface area contributed by atoms with Crippen LogP contribution in [0.3, 0.4) is 0 Å². The lowest BCUT2D eigenvalue weighted by Crippen LogP contribution is -2.34. The largest absolute Gasteiger partial charge is 0.307 e. The summed E-state index contributed by atoms with van der Waals surface area (Å²) < 4.78 is 0. The molecule has 0 bridgehead atoms. The molecule has 0 spiro atoms. The Morgan fingerprint density at radius 3 is 2.69 bits per heavy atom. The summed E-state index contributed by atoms with van der Waals surface area (Å²) in [4.78, 5) is 4.17. The molecule has 0 aliphatic heterocycles. The molecule has 1 unspecified atom stereocenters. The van der Waals surface area contributed by atoms with Crippen LogP contribution in [0.25, 0.3) is 0 Å². The van der Waals surface area contributed by atoms with Gasteiger partial charge >= 0.3 is 0 Å². The van der Waals surface area contributed by atoms with Crippen LogP contribution in [-0.4, -0.2) is 11.0 Å². The second-order valence-corrected chi connectivity index (χ2v) is 5.01. The van der Waals surface area contributed by atoms with E-state index >= 15 is 0 Å². The first-order chi connectivity index (χ1) is 7.77. The van der Waals surface area contributed by atoms with Crippen molar-refractivity contribution < 1.29 is 0 Å². The van der Waals surface area contributed by atoms with Crippen LogP contribution in [0.2, 0.25) is 0 Å². The standard InChI is InChI=1S/C14H22N2/c1-11(13-6-3-4-7-13)16-12(2)14-8-5-9-15-10-14/h5,8-13,16H,3-4,6-7H2,1-2H3/t11?,12-/m0/s1. The van der Waals surface area contributed by atoms with Crippen LogP contribution >= 0.6 is 0 Å². The molecule has 0 aromatic carbocycles. The van der Waals surface area contributed by atoms with Crippen molar-refractivity contribution in [1.82, 2.24) is 10.3 Å². The summed E-state index contributed by atoms with van der Waals surface area (Å²) >= 11 is 0. The van der Waals surface area contributed by atoms with Gasteiger partial charge in [-0.25, -0.2) is 0 Å². The van der Waals surface area contributed by atoms with Gasteiger partial charge in [-0.2, -0.15) is 0 Å². The van der Waals surface area contributed by atoms with E-state index in [9.17, 15) is 0 Å². The molecule has 1 saturated carbocycles. The van der Waals surface area contributed by atoms with Crippen LogP contribution in [0, 0.1) is 5.92 Å². The fraction of sp³-hybridized carbons (Fsp3) is 0.643. The predicted octanol–water partition coefficient (Wildman–Crippen LogP) is 3.31. The molecule has 2 rings (SSSR count). The second kappa shape index (κ2) is 5.44. The zero-order valence-electron chi connectivity index (χ0n) is 10.3. The monoisotopic (exact) mass is 218 g/mol. The van der Waals surface area contributed by atoms with E-state index in [4.69, 9.17) is 0 Å². The Balaban J connectivity index is 1.89. The Morgan fingerprint density at radius 1 is 1.31 bits per heavy atom. The minimum absolute atomic E-state index is 0.407. The molecule has 1 aromatic rings. The summed E-state index contributed by atoms with van der Waals surface area (Å²) in [6, 6.07) is 5.18. The van der Waals surface area contributed by atoms with Crippen molar-refractivity contribution >= 4 is 0 Å². The van der Waals surface area contributed by atoms with E-state index in [1.54, 1.807) is 0 Å². The predicted molar refractivity (Wildman–Crippen MR) is 67.2 cm³/mol. The minimum Gasteiger partial charge on any atom is -0.307 e. The van der Waals surface area contributed by atoms with Crippen molar-refractivity contribution in [3.63, 3.8) is 0 Å². The fourth-order valence-corrected chi connectivity index (χ4v) is 2.72. The molecule has 2 atom stereocenters. The van der Waals surface area contributed by atoms with Crippen LogP contribution in [0.1, 0.15) is 51.1 Å². The molecule has 1 N–H and O–H groups in total. The molecule has 1 aromatic heterocycles. The van der Waals surface area contributed by atoms with Crippen molar-refractivity contribution in [1.29, 1.82) is 0 Å². The van der Waals surface area contributed by atoms with Gasteiger partial charge in [-0.1, -0.05) is 18.9 Å². The molecule has 2 heteroatoms. The zero-order chi connectivity index (χ0) is 11.4. The van der Waals surface area contributed by atoms with Gasteiger partial charge in [0.05, 0.1) is 0 Å². The molecule has 2 nitrogen and oxygen atoms in total. The van der Waals surface area contributed by atoms with E-state index in [1.807, 2.05) is 18.5 Å². The molecular formula is C14H22N2. The van der Waals surface area contributed by atoms with Gasteiger partial charge < -0.3 is 5.32 Å². The van der Waals surface area contributed by atoms with E-state index < -0.39 is 0 Å². The van der Waals surface area contributed by atoms with E-state index in [0.717, 1.165) is 5.92 Å². The molecule has 1 aliphatic carbocycles. The van der Waals surface area contributed by atoms with Gasteiger partial charge in [0.1, 0.15) is 0 Å². The first-order valence-electron chi connectivity index (χ1n) is 6.43. The highest BCUT2D eigenvalue weighted by Gasteiger charge is 2.22. The lowest BCUT2D eigenvalue weighted by Gasteiger charge is -2.24. The summed E-state index contributed by atoms with van der Waals surface area (Å²) in [5.74, 6) is 0.874. The molecule has 88 valence electrons. The van der Waals surface area contributed by atoms with Crippen molar-refractivity contribution in [2.45, 2.75) is 51.6 Å². The SMILES string of the molecule is CC(N[C@@H](C)c1cccnc1)C1CCCC1. The molecule has 1 heterocycles. The van der Waals surface area contributed by atoms with Gasteiger partial charge in [-0.15, -0.1) is 0 Å². The number of nitrogens with zero attached hydrogens (tertiary/aromatic N) is 1. The maximum absolute atomic E-state index is 4.17. The Hall–Kier alpha value is -0.890. The van der Waals surface area contributed by atoms with Gasteiger partial charge in [0.2, 0.25) is 0 Å². The van der Waals surface area contributed by atoms with Crippen molar-refractivity contribution in [3.8, 4) is 0 Å². The molecule has 0 radical (unpaired) electrons. The molecule has 1 fully saturated rings. The van der Waals surface area contributed by atoms with Crippen LogP contribution in [0.15, 0.2) is 24.5 Å². The Morgan fingerprint density at radius 2 is 2.06 bits per heavy atom. The van der Waals surface area contributed by atoms with Gasteiger partial charge in [0, 0.05) is 24.5 Å². The second-order valence-electron chi connectivity index (χ2n) is 5.01. The van der Waals surface area contributed by atoms with Gasteiger partial charge in [0.25, 0.3) is 0 Å². The van der Waals surface area contributed by atoms with Crippen molar-refractivity contribution in [2.75, 3.05) is 0 Å². The molecular weight excluding hydrogens is 196 g/mol. The van der Waals surface area contributed by atoms with Crippen LogP contribution in [0.5, 0.6) is 0 Å². The van der Waals surface area contributed by atoms with E-state index in [2.05, 4.69) is 30.2 Å². The van der Waals surface area contributed by atoms with Crippen molar-refractivity contribution in [3.05, 3.63) is 30.1 Å². The summed E-state index contributed by atoms with van der Waals surface area (Å²) in [7, 11) is 0. The zero-order valence-corrected chi connectivity index (χ0v) is 10.3. The normalized spacial score (nSPS) is 20.9. The minimum atomic E-state index is 0.407. The maximum atomic E-state index is 4.17. The third-order valence-electron chi connectivity index (χ3n) is 3.80. The van der Waals surface area contributed by atoms with Gasteiger partial charge in [-0.05, 0) is 44.2 Å². The highest BCUT2D eigenvalue weighted by Crippen LogP contribution is 2.28. The fourth-order valence-electron chi connectivity index (χ4n) is 2.72. The highest BCUT2D eigenvalue weighted by molar-refractivity contribution is 5.13. The number of nitrogens with one attached hydrogen (secondary N) is 1. The summed E-state index contributed by atoms with van der Waals surface area (Å²) in [6.45, 7) is 4.55. The first-order valence-corrected chi connectivity index (χ1v) is 6.43. The molecule has 1 aliphatic rings. The number of aromatic nitrogens is 1. The van der Waals surface area contributed by atoms with E-state index in [1.165, 1.54) is 31.2 Å².